The smallest absolute Gasteiger partial charge is 0.239 e. The van der Waals surface area contributed by atoms with Crippen molar-refractivity contribution in [3.8, 4) is 11.5 Å². The highest BCUT2D eigenvalue weighted by Crippen LogP contribution is 2.62. The second-order valence-electron chi connectivity index (χ2n) is 20.4. The summed E-state index contributed by atoms with van der Waals surface area (Å²) in [6, 6.07) is 26.2. The quantitative estimate of drug-likeness (QED) is 0.0481. The van der Waals surface area contributed by atoms with Crippen molar-refractivity contribution in [2.24, 2.45) is 28.8 Å². The Morgan fingerprint density at radius 2 is 1.72 bits per heavy atom. The predicted octanol–water partition coefficient (Wildman–Crippen LogP) is 11.6. The molecule has 1 amide bonds. The molecule has 358 valence electrons. The summed E-state index contributed by atoms with van der Waals surface area (Å²) in [5, 5.41) is 27.4. The lowest BCUT2D eigenvalue weighted by Crippen LogP contribution is -2.70. The molecule has 2 heterocycles. The van der Waals surface area contributed by atoms with Crippen LogP contribution in [0.1, 0.15) is 133 Å². The number of unbranched alkanes of at least 4 members (excludes halogenated alkanes) is 2. The number of aliphatic hydroxyl groups excluding tert-OH is 2. The van der Waals surface area contributed by atoms with Gasteiger partial charge in [-0.1, -0.05) is 104 Å². The van der Waals surface area contributed by atoms with Crippen molar-refractivity contribution in [2.45, 2.75) is 148 Å². The van der Waals surface area contributed by atoms with E-state index in [-0.39, 0.29) is 43.5 Å². The molecule has 6 atom stereocenters. The minimum atomic E-state index is -1.36. The minimum absolute atomic E-state index is 0.0755. The number of fused-ring (bicyclic) bond motifs is 3. The van der Waals surface area contributed by atoms with E-state index in [1.165, 1.54) is 12.8 Å². The minimum Gasteiger partial charge on any atom is -0.487 e. The van der Waals surface area contributed by atoms with Gasteiger partial charge in [0.2, 0.25) is 11.7 Å². The molecule has 2 fully saturated rings. The van der Waals surface area contributed by atoms with E-state index < -0.39 is 23.3 Å². The van der Waals surface area contributed by atoms with Gasteiger partial charge >= 0.3 is 0 Å². The summed E-state index contributed by atoms with van der Waals surface area (Å²) in [7, 11) is 0. The number of carbonyl (C=O) groups excluding carboxylic acids is 1. The van der Waals surface area contributed by atoms with Crippen molar-refractivity contribution >= 4 is 22.4 Å². The maximum absolute atomic E-state index is 15.5. The molecule has 0 spiro atoms. The number of pyridine rings is 1. The van der Waals surface area contributed by atoms with Crippen molar-refractivity contribution < 1.29 is 34.1 Å². The Hall–Kier alpha value is -5.03. The molecule has 1 aliphatic heterocycles. The first-order chi connectivity index (χ1) is 32.5. The van der Waals surface area contributed by atoms with E-state index in [2.05, 4.69) is 66.1 Å². The molecule has 10 nitrogen and oxygen atoms in total. The van der Waals surface area contributed by atoms with E-state index in [0.717, 1.165) is 89.5 Å². The maximum atomic E-state index is 15.5. The zero-order chi connectivity index (χ0) is 47.0. The largest absolute Gasteiger partial charge is 0.487 e. The van der Waals surface area contributed by atoms with Gasteiger partial charge in [0.25, 0.3) is 0 Å². The SMILES string of the molecule is C=CCO[C@@]12Oc3ccc(OCc4cccc(C)n4)cc3[C@H]3[C@H](CCCCO)[C@@H](CCCCO)C=C(C(=NOC(C)(C)C)C[C@@H]1N(Cc1cccc4ccccc14)C(=O)CCC1CCCC1)[C@H]32. The first-order valence-electron chi connectivity index (χ1n) is 25.1. The lowest BCUT2D eigenvalue weighted by molar-refractivity contribution is -0.258. The second kappa shape index (κ2) is 21.9. The third-order valence-electron chi connectivity index (χ3n) is 14.6. The highest BCUT2D eigenvalue weighted by atomic mass is 16.7. The first kappa shape index (κ1) is 48.4. The molecule has 0 bridgehead atoms. The fourth-order valence-corrected chi connectivity index (χ4v) is 11.5. The van der Waals surface area contributed by atoms with E-state index >= 15 is 4.79 Å². The van der Waals surface area contributed by atoms with Crippen molar-refractivity contribution in [3.63, 3.8) is 0 Å². The number of nitrogens with zero attached hydrogens (tertiary/aromatic N) is 3. The standard InChI is InChI=1S/C57H73N3O7/c1-6-33-65-57-52(60(53(63)30-27-40-18-7-8-19-40)37-43-23-16-22-41-20-9-10-25-46(41)43)36-50(59-67-56(3,4)5)48-34-42(21-11-13-31-61)47(26-12-14-32-62)54(55(48)57)49-35-45(28-29-51(49)66-57)64-38-44-24-15-17-39(2)58-44/h6,9-10,15-17,20,22-25,28-29,34-35,40,42,47,52,54-55,61-62H,1,7-8,11-14,18-19,21,26-27,30-33,36-38H2,2-5H3/t42-,47+,52-,54+,55+,57+/m0/s1. The van der Waals surface area contributed by atoms with Crippen molar-refractivity contribution in [1.29, 1.82) is 0 Å². The van der Waals surface area contributed by atoms with Gasteiger partial charge in [0.05, 0.1) is 23.9 Å². The lowest BCUT2D eigenvalue weighted by atomic mass is 9.55. The van der Waals surface area contributed by atoms with Gasteiger partial charge in [0.1, 0.15) is 29.7 Å². The Morgan fingerprint density at radius 1 is 0.955 bits per heavy atom. The van der Waals surface area contributed by atoms with Gasteiger partial charge in [-0.25, -0.2) is 0 Å². The Kier molecular flexibility index (Phi) is 15.9. The molecule has 3 aromatic carbocycles. The zero-order valence-corrected chi connectivity index (χ0v) is 40.3. The highest BCUT2D eigenvalue weighted by molar-refractivity contribution is 6.03. The van der Waals surface area contributed by atoms with Gasteiger partial charge in [0.15, 0.2) is 0 Å². The number of aliphatic hydroxyl groups is 2. The van der Waals surface area contributed by atoms with Gasteiger partial charge in [0, 0.05) is 49.8 Å². The predicted molar refractivity (Wildman–Crippen MR) is 265 cm³/mol. The van der Waals surface area contributed by atoms with Crippen LogP contribution in [0, 0.1) is 30.6 Å². The second-order valence-corrected chi connectivity index (χ2v) is 20.4. The van der Waals surface area contributed by atoms with Crippen LogP contribution in [0.5, 0.6) is 11.5 Å². The monoisotopic (exact) mass is 912 g/mol. The molecular formula is C57H73N3O7. The van der Waals surface area contributed by atoms with E-state index in [9.17, 15) is 10.2 Å². The summed E-state index contributed by atoms with van der Waals surface area (Å²) in [6.45, 7) is 13.3. The van der Waals surface area contributed by atoms with Crippen LogP contribution in [0.25, 0.3) is 10.8 Å². The van der Waals surface area contributed by atoms with Gasteiger partial charge in [-0.15, -0.1) is 6.58 Å². The number of allylic oxidation sites excluding steroid dienone is 1. The molecule has 2 N–H and O–H groups in total. The van der Waals surface area contributed by atoms with Crippen LogP contribution in [0.3, 0.4) is 0 Å². The number of hydrogen-bond donors (Lipinski definition) is 2. The Balaban J connectivity index is 1.33. The summed E-state index contributed by atoms with van der Waals surface area (Å²) in [6.07, 6.45) is 15.4. The van der Waals surface area contributed by atoms with Crippen molar-refractivity contribution in [1.82, 2.24) is 9.88 Å². The zero-order valence-electron chi connectivity index (χ0n) is 40.3. The molecule has 4 aliphatic rings. The third kappa shape index (κ3) is 11.1. The number of rotatable bonds is 21. The average molecular weight is 912 g/mol. The average Bonchev–Trinajstić information content (AvgIpc) is 3.85. The fourth-order valence-electron chi connectivity index (χ4n) is 11.5. The highest BCUT2D eigenvalue weighted by Gasteiger charge is 2.65. The molecule has 0 saturated heterocycles. The molecule has 4 aromatic rings. The molecule has 0 unspecified atom stereocenters. The molecule has 10 heteroatoms. The van der Waals surface area contributed by atoms with E-state index in [0.29, 0.717) is 56.3 Å². The number of aryl methyl sites for hydroxylation is 1. The van der Waals surface area contributed by atoms with E-state index in [4.69, 9.17) is 29.2 Å². The number of amides is 1. The number of hydrogen-bond acceptors (Lipinski definition) is 9. The van der Waals surface area contributed by atoms with Gasteiger partial charge in [-0.3, -0.25) is 9.78 Å². The Morgan fingerprint density at radius 3 is 2.48 bits per heavy atom. The van der Waals surface area contributed by atoms with Crippen molar-refractivity contribution in [3.05, 3.63) is 126 Å². The summed E-state index contributed by atoms with van der Waals surface area (Å²) in [4.78, 5) is 28.7. The molecular weight excluding hydrogens is 839 g/mol. The van der Waals surface area contributed by atoms with Gasteiger partial charge in [-0.2, -0.15) is 0 Å². The van der Waals surface area contributed by atoms with Crippen LogP contribution < -0.4 is 9.47 Å². The van der Waals surface area contributed by atoms with Crippen LogP contribution in [-0.4, -0.2) is 69.0 Å². The normalized spacial score (nSPS) is 24.1. The van der Waals surface area contributed by atoms with Gasteiger partial charge < -0.3 is 34.2 Å². The Bertz CT molecular complexity index is 2380. The van der Waals surface area contributed by atoms with Crippen LogP contribution in [0.15, 0.2) is 108 Å². The van der Waals surface area contributed by atoms with Crippen molar-refractivity contribution in [2.75, 3.05) is 19.8 Å². The summed E-state index contributed by atoms with van der Waals surface area (Å²) >= 11 is 0. The van der Waals surface area contributed by atoms with E-state index in [1.807, 2.05) is 58.0 Å². The number of oxime groups is 1. The third-order valence-corrected chi connectivity index (χ3v) is 14.6. The number of aromatic nitrogens is 1. The van der Waals surface area contributed by atoms with Crippen LogP contribution in [0.4, 0.5) is 0 Å². The molecule has 3 aliphatic carbocycles. The summed E-state index contributed by atoms with van der Waals surface area (Å²) < 4.78 is 21.5. The summed E-state index contributed by atoms with van der Waals surface area (Å²) in [5.74, 6) is 0.295. The van der Waals surface area contributed by atoms with E-state index in [1.54, 1.807) is 6.08 Å². The van der Waals surface area contributed by atoms with Crippen LogP contribution in [0.2, 0.25) is 0 Å². The number of carbonyl (C=O) groups is 1. The van der Waals surface area contributed by atoms with Crippen LogP contribution >= 0.6 is 0 Å². The lowest BCUT2D eigenvalue weighted by Gasteiger charge is -2.60. The van der Waals surface area contributed by atoms with Crippen LogP contribution in [-0.2, 0) is 27.5 Å². The number of ether oxygens (including phenoxy) is 3. The molecule has 0 radical (unpaired) electrons. The maximum Gasteiger partial charge on any atom is 0.239 e. The van der Waals surface area contributed by atoms with Gasteiger partial charge in [-0.05, 0) is 130 Å². The molecule has 67 heavy (non-hydrogen) atoms. The first-order valence-corrected chi connectivity index (χ1v) is 25.1. The molecule has 1 aromatic heterocycles. The molecule has 8 rings (SSSR count). The Labute approximate surface area is 398 Å². The molecule has 2 saturated carbocycles. The fraction of sp³-hybridized carbons (Fsp3) is 0.526. The number of benzene rings is 3. The summed E-state index contributed by atoms with van der Waals surface area (Å²) in [5.41, 5.74) is 5.10. The topological polar surface area (TPSA) is 123 Å².